The number of methoxy groups -OCH3 is 1. The quantitative estimate of drug-likeness (QED) is 0.700. The normalized spacial score (nSPS) is 19.7. The van der Waals surface area contributed by atoms with Gasteiger partial charge in [-0.2, -0.15) is 0 Å². The van der Waals surface area contributed by atoms with Gasteiger partial charge in [0.1, 0.15) is 0 Å². The van der Waals surface area contributed by atoms with Gasteiger partial charge in [0.05, 0.1) is 12.6 Å². The average molecular weight is 271 g/mol. The molecular weight excluding hydrogens is 242 g/mol. The third-order valence-electron chi connectivity index (χ3n) is 3.52. The Bertz CT molecular complexity index is 253. The number of nitrogens with zero attached hydrogens (tertiary/aromatic N) is 2. The molecule has 0 radical (unpaired) electrons. The molecule has 112 valence electrons. The molecule has 0 aliphatic carbocycles. The van der Waals surface area contributed by atoms with E-state index in [4.69, 9.17) is 4.74 Å². The summed E-state index contributed by atoms with van der Waals surface area (Å²) in [6, 6.07) is 0.0185. The Labute approximate surface area is 117 Å². The van der Waals surface area contributed by atoms with E-state index in [0.29, 0.717) is 13.2 Å². The van der Waals surface area contributed by atoms with Crippen LogP contribution in [0.25, 0.3) is 0 Å². The zero-order chi connectivity index (χ0) is 14.1. The molecule has 1 aliphatic rings. The molecule has 1 N–H and O–H groups in total. The van der Waals surface area contributed by atoms with Crippen LogP contribution in [0.15, 0.2) is 0 Å². The third-order valence-corrected chi connectivity index (χ3v) is 3.52. The Hall–Kier alpha value is -0.650. The van der Waals surface area contributed by atoms with Gasteiger partial charge in [-0.3, -0.25) is 4.79 Å². The summed E-state index contributed by atoms with van der Waals surface area (Å²) in [5.74, 6) is 0.246. The smallest absolute Gasteiger partial charge is 0.239 e. The van der Waals surface area contributed by atoms with E-state index in [1.165, 1.54) is 6.42 Å². The number of carbonyl (C=O) groups is 1. The maximum Gasteiger partial charge on any atom is 0.239 e. The molecule has 1 saturated heterocycles. The SMILES string of the molecule is COCCN(CCCN(C)C)C(=O)C1CCCCN1. The molecule has 1 atom stereocenters. The van der Waals surface area contributed by atoms with Crippen molar-refractivity contribution in [3.63, 3.8) is 0 Å². The summed E-state index contributed by atoms with van der Waals surface area (Å²) in [5.41, 5.74) is 0. The van der Waals surface area contributed by atoms with Crippen molar-refractivity contribution in [3.8, 4) is 0 Å². The van der Waals surface area contributed by atoms with Crippen molar-refractivity contribution in [2.24, 2.45) is 0 Å². The lowest BCUT2D eigenvalue weighted by atomic mass is 10.0. The van der Waals surface area contributed by atoms with Crippen LogP contribution in [-0.4, -0.2) is 75.7 Å². The number of carbonyl (C=O) groups excluding carboxylic acids is 1. The molecule has 0 bridgehead atoms. The molecule has 1 rings (SSSR count). The third kappa shape index (κ3) is 6.36. The lowest BCUT2D eigenvalue weighted by Crippen LogP contribution is -2.49. The maximum absolute atomic E-state index is 12.5. The number of rotatable bonds is 8. The van der Waals surface area contributed by atoms with Crippen molar-refractivity contribution in [2.75, 3.05) is 54.0 Å². The van der Waals surface area contributed by atoms with E-state index in [-0.39, 0.29) is 11.9 Å². The molecule has 0 aromatic carbocycles. The van der Waals surface area contributed by atoms with Gasteiger partial charge in [-0.25, -0.2) is 0 Å². The molecule has 0 aromatic heterocycles. The Balaban J connectivity index is 2.43. The monoisotopic (exact) mass is 271 g/mol. The van der Waals surface area contributed by atoms with Crippen molar-refractivity contribution in [2.45, 2.75) is 31.7 Å². The fraction of sp³-hybridized carbons (Fsp3) is 0.929. The molecule has 1 amide bonds. The minimum absolute atomic E-state index is 0.0185. The number of piperidine rings is 1. The van der Waals surface area contributed by atoms with E-state index in [9.17, 15) is 4.79 Å². The highest BCUT2D eigenvalue weighted by atomic mass is 16.5. The highest BCUT2D eigenvalue weighted by Crippen LogP contribution is 2.10. The first kappa shape index (κ1) is 16.4. The number of hydrogen-bond acceptors (Lipinski definition) is 4. The minimum atomic E-state index is 0.0185. The maximum atomic E-state index is 12.5. The summed E-state index contributed by atoms with van der Waals surface area (Å²) in [6.07, 6.45) is 4.31. The van der Waals surface area contributed by atoms with Gasteiger partial charge in [-0.15, -0.1) is 0 Å². The molecular formula is C14H29N3O2. The van der Waals surface area contributed by atoms with Crippen molar-refractivity contribution >= 4 is 5.91 Å². The zero-order valence-corrected chi connectivity index (χ0v) is 12.7. The second kappa shape index (κ2) is 9.28. The van der Waals surface area contributed by atoms with E-state index in [1.54, 1.807) is 7.11 Å². The summed E-state index contributed by atoms with van der Waals surface area (Å²) in [4.78, 5) is 16.6. The number of hydrogen-bond donors (Lipinski definition) is 1. The lowest BCUT2D eigenvalue weighted by Gasteiger charge is -2.30. The summed E-state index contributed by atoms with van der Waals surface area (Å²) < 4.78 is 5.11. The van der Waals surface area contributed by atoms with E-state index < -0.39 is 0 Å². The first-order valence-corrected chi connectivity index (χ1v) is 7.31. The van der Waals surface area contributed by atoms with E-state index >= 15 is 0 Å². The number of ether oxygens (including phenoxy) is 1. The Morgan fingerprint density at radius 2 is 2.05 bits per heavy atom. The van der Waals surface area contributed by atoms with Crippen molar-refractivity contribution in [1.29, 1.82) is 0 Å². The van der Waals surface area contributed by atoms with Crippen LogP contribution in [-0.2, 0) is 9.53 Å². The molecule has 5 nitrogen and oxygen atoms in total. The van der Waals surface area contributed by atoms with Gasteiger partial charge in [0.2, 0.25) is 5.91 Å². The van der Waals surface area contributed by atoms with Crippen molar-refractivity contribution in [3.05, 3.63) is 0 Å². The fourth-order valence-corrected chi connectivity index (χ4v) is 2.39. The summed E-state index contributed by atoms with van der Waals surface area (Å²) in [7, 11) is 5.80. The predicted molar refractivity (Wildman–Crippen MR) is 77.3 cm³/mol. The van der Waals surface area contributed by atoms with Crippen molar-refractivity contribution in [1.82, 2.24) is 15.1 Å². The summed E-state index contributed by atoms with van der Waals surface area (Å²) >= 11 is 0. The van der Waals surface area contributed by atoms with Crippen LogP contribution in [0.2, 0.25) is 0 Å². The molecule has 1 fully saturated rings. The first-order chi connectivity index (χ1) is 9.15. The van der Waals surface area contributed by atoms with Gasteiger partial charge in [-0.1, -0.05) is 6.42 Å². The van der Waals surface area contributed by atoms with Gasteiger partial charge < -0.3 is 19.9 Å². The van der Waals surface area contributed by atoms with Gasteiger partial charge in [0.25, 0.3) is 0 Å². The topological polar surface area (TPSA) is 44.8 Å². The molecule has 0 spiro atoms. The molecule has 0 aromatic rings. The first-order valence-electron chi connectivity index (χ1n) is 7.31. The largest absolute Gasteiger partial charge is 0.383 e. The molecule has 1 unspecified atom stereocenters. The Kier molecular flexibility index (Phi) is 8.02. The molecule has 5 heteroatoms. The van der Waals surface area contributed by atoms with E-state index in [0.717, 1.165) is 38.9 Å². The molecule has 1 aliphatic heterocycles. The number of nitrogens with one attached hydrogen (secondary N) is 1. The predicted octanol–water partition coefficient (Wildman–Crippen LogP) is 0.555. The van der Waals surface area contributed by atoms with Gasteiger partial charge in [0.15, 0.2) is 0 Å². The minimum Gasteiger partial charge on any atom is -0.383 e. The Morgan fingerprint density at radius 3 is 2.63 bits per heavy atom. The van der Waals surface area contributed by atoms with Crippen LogP contribution in [0.1, 0.15) is 25.7 Å². The molecule has 19 heavy (non-hydrogen) atoms. The number of amides is 1. The van der Waals surface area contributed by atoms with Crippen molar-refractivity contribution < 1.29 is 9.53 Å². The zero-order valence-electron chi connectivity index (χ0n) is 12.7. The van der Waals surface area contributed by atoms with Crippen LogP contribution in [0.3, 0.4) is 0 Å². The van der Waals surface area contributed by atoms with Gasteiger partial charge in [0, 0.05) is 20.2 Å². The van der Waals surface area contributed by atoms with Gasteiger partial charge >= 0.3 is 0 Å². The summed E-state index contributed by atoms with van der Waals surface area (Å²) in [6.45, 7) is 4.10. The Morgan fingerprint density at radius 1 is 1.26 bits per heavy atom. The van der Waals surface area contributed by atoms with E-state index in [1.807, 2.05) is 4.90 Å². The average Bonchev–Trinajstić information content (AvgIpc) is 2.42. The summed E-state index contributed by atoms with van der Waals surface area (Å²) in [5, 5.41) is 3.33. The van der Waals surface area contributed by atoms with Crippen LogP contribution in [0.5, 0.6) is 0 Å². The highest BCUT2D eigenvalue weighted by molar-refractivity contribution is 5.82. The van der Waals surface area contributed by atoms with Crippen LogP contribution in [0.4, 0.5) is 0 Å². The highest BCUT2D eigenvalue weighted by Gasteiger charge is 2.25. The van der Waals surface area contributed by atoms with Crippen LogP contribution < -0.4 is 5.32 Å². The van der Waals surface area contributed by atoms with Crippen LogP contribution >= 0.6 is 0 Å². The molecule has 0 saturated carbocycles. The van der Waals surface area contributed by atoms with Gasteiger partial charge in [-0.05, 0) is 46.4 Å². The second-order valence-corrected chi connectivity index (χ2v) is 5.48. The fourth-order valence-electron chi connectivity index (χ4n) is 2.39. The second-order valence-electron chi connectivity index (χ2n) is 5.48. The van der Waals surface area contributed by atoms with Crippen LogP contribution in [0, 0.1) is 0 Å². The standard InChI is InChI=1S/C14H29N3O2/c1-16(2)9-6-10-17(11-12-19-3)14(18)13-7-4-5-8-15-13/h13,15H,4-12H2,1-3H3. The van der Waals surface area contributed by atoms with E-state index in [2.05, 4.69) is 24.3 Å². The molecule has 1 heterocycles. The lowest BCUT2D eigenvalue weighted by molar-refractivity contribution is -0.134.